The summed E-state index contributed by atoms with van der Waals surface area (Å²) in [7, 11) is 1.64. The van der Waals surface area contributed by atoms with Crippen molar-refractivity contribution >= 4 is 11.2 Å². The molecule has 5 heteroatoms. The molecule has 0 fully saturated rings. The van der Waals surface area contributed by atoms with Gasteiger partial charge >= 0.3 is 0 Å². The first-order valence-electron chi connectivity index (χ1n) is 6.82. The maximum absolute atomic E-state index is 5.66. The number of fused-ring (bicyclic) bond motifs is 1. The van der Waals surface area contributed by atoms with Crippen LogP contribution < -0.4 is 9.47 Å². The van der Waals surface area contributed by atoms with Crippen LogP contribution in [0.1, 0.15) is 12.3 Å². The number of aryl methyl sites for hydroxylation is 1. The van der Waals surface area contributed by atoms with Gasteiger partial charge in [0.15, 0.2) is 17.1 Å². The van der Waals surface area contributed by atoms with Crippen molar-refractivity contribution in [3.8, 4) is 11.5 Å². The van der Waals surface area contributed by atoms with Gasteiger partial charge in [-0.1, -0.05) is 0 Å². The van der Waals surface area contributed by atoms with E-state index >= 15 is 0 Å². The quantitative estimate of drug-likeness (QED) is 0.650. The molecule has 2 heterocycles. The van der Waals surface area contributed by atoms with E-state index in [4.69, 9.17) is 13.9 Å². The monoisotopic (exact) mass is 284 g/mol. The number of methoxy groups -OCH3 is 1. The normalized spacial score (nSPS) is 10.7. The molecule has 0 saturated carbocycles. The van der Waals surface area contributed by atoms with Crippen molar-refractivity contribution < 1.29 is 13.9 Å². The zero-order valence-electron chi connectivity index (χ0n) is 11.8. The number of ether oxygens (including phenoxy) is 2. The Labute approximate surface area is 122 Å². The van der Waals surface area contributed by atoms with Gasteiger partial charge in [-0.25, -0.2) is 4.98 Å². The summed E-state index contributed by atoms with van der Waals surface area (Å²) in [5, 5.41) is 0. The zero-order chi connectivity index (χ0) is 14.5. The van der Waals surface area contributed by atoms with Crippen LogP contribution in [0.15, 0.2) is 47.0 Å². The second-order valence-electron chi connectivity index (χ2n) is 4.56. The third kappa shape index (κ3) is 3.31. The van der Waals surface area contributed by atoms with Crippen LogP contribution in [-0.2, 0) is 6.42 Å². The van der Waals surface area contributed by atoms with Crippen molar-refractivity contribution in [2.24, 2.45) is 0 Å². The molecule has 1 aromatic carbocycles. The van der Waals surface area contributed by atoms with E-state index < -0.39 is 0 Å². The molecule has 0 aliphatic rings. The number of rotatable bonds is 6. The van der Waals surface area contributed by atoms with Gasteiger partial charge in [-0.3, -0.25) is 0 Å². The van der Waals surface area contributed by atoms with Gasteiger partial charge in [0.2, 0.25) is 0 Å². The summed E-state index contributed by atoms with van der Waals surface area (Å²) in [5.41, 5.74) is 1.38. The number of hydrogen-bond donors (Lipinski definition) is 0. The summed E-state index contributed by atoms with van der Waals surface area (Å²) in [4.78, 5) is 8.48. The van der Waals surface area contributed by atoms with E-state index in [1.54, 1.807) is 13.3 Å². The number of oxazole rings is 1. The van der Waals surface area contributed by atoms with E-state index in [-0.39, 0.29) is 0 Å². The molecule has 5 nitrogen and oxygen atoms in total. The first kappa shape index (κ1) is 13.4. The van der Waals surface area contributed by atoms with Crippen LogP contribution in [-0.4, -0.2) is 23.7 Å². The Morgan fingerprint density at radius 3 is 2.67 bits per heavy atom. The molecule has 0 spiro atoms. The van der Waals surface area contributed by atoms with Gasteiger partial charge < -0.3 is 13.9 Å². The Bertz CT molecular complexity index is 674. The Morgan fingerprint density at radius 1 is 1.10 bits per heavy atom. The highest BCUT2D eigenvalue weighted by Crippen LogP contribution is 2.18. The molecule has 0 saturated heterocycles. The van der Waals surface area contributed by atoms with Gasteiger partial charge in [-0.05, 0) is 42.8 Å². The predicted octanol–water partition coefficient (Wildman–Crippen LogP) is 3.24. The molecule has 0 atom stereocenters. The molecular formula is C16H16N2O3. The van der Waals surface area contributed by atoms with Gasteiger partial charge in [-0.15, -0.1) is 0 Å². The van der Waals surface area contributed by atoms with E-state index in [9.17, 15) is 0 Å². The minimum atomic E-state index is 0.610. The van der Waals surface area contributed by atoms with Crippen LogP contribution in [0.3, 0.4) is 0 Å². The van der Waals surface area contributed by atoms with E-state index in [0.29, 0.717) is 18.1 Å². The SMILES string of the molecule is COc1ccc(OCCCc2nc3ncccc3o2)cc1. The number of benzene rings is 1. The second-order valence-corrected chi connectivity index (χ2v) is 4.56. The lowest BCUT2D eigenvalue weighted by Gasteiger charge is -2.06. The lowest BCUT2D eigenvalue weighted by atomic mass is 10.3. The van der Waals surface area contributed by atoms with Crippen LogP contribution in [0, 0.1) is 0 Å². The molecule has 0 aliphatic heterocycles. The molecule has 0 amide bonds. The lowest BCUT2D eigenvalue weighted by Crippen LogP contribution is -1.99. The van der Waals surface area contributed by atoms with Gasteiger partial charge in [0.25, 0.3) is 0 Å². The summed E-state index contributed by atoms with van der Waals surface area (Å²) < 4.78 is 16.4. The second kappa shape index (κ2) is 6.26. The van der Waals surface area contributed by atoms with Gasteiger partial charge in [0, 0.05) is 12.6 Å². The largest absolute Gasteiger partial charge is 0.497 e. The molecule has 3 rings (SSSR count). The van der Waals surface area contributed by atoms with Crippen molar-refractivity contribution in [1.29, 1.82) is 0 Å². The molecule has 108 valence electrons. The van der Waals surface area contributed by atoms with E-state index in [2.05, 4.69) is 9.97 Å². The third-order valence-corrected chi connectivity index (χ3v) is 3.07. The standard InChI is InChI=1S/C16H16N2O3/c1-19-12-6-8-13(9-7-12)20-11-3-5-15-18-16-14(21-15)4-2-10-17-16/h2,4,6-10H,3,5,11H2,1H3. The van der Waals surface area contributed by atoms with E-state index in [0.717, 1.165) is 29.9 Å². The Kier molecular flexibility index (Phi) is 4.00. The fourth-order valence-electron chi connectivity index (χ4n) is 2.01. The summed E-state index contributed by atoms with van der Waals surface area (Å²) >= 11 is 0. The number of nitrogens with zero attached hydrogens (tertiary/aromatic N) is 2. The van der Waals surface area contributed by atoms with E-state index in [1.165, 1.54) is 0 Å². The first-order valence-corrected chi connectivity index (χ1v) is 6.82. The molecular weight excluding hydrogens is 268 g/mol. The maximum Gasteiger partial charge on any atom is 0.198 e. The van der Waals surface area contributed by atoms with Crippen LogP contribution in [0.4, 0.5) is 0 Å². The predicted molar refractivity (Wildman–Crippen MR) is 78.6 cm³/mol. The number of hydrogen-bond acceptors (Lipinski definition) is 5. The van der Waals surface area contributed by atoms with Gasteiger partial charge in [-0.2, -0.15) is 4.98 Å². The average Bonchev–Trinajstić information content (AvgIpc) is 2.95. The highest BCUT2D eigenvalue weighted by molar-refractivity contribution is 5.66. The molecule has 21 heavy (non-hydrogen) atoms. The van der Waals surface area contributed by atoms with Crippen LogP contribution in [0.2, 0.25) is 0 Å². The molecule has 3 aromatic rings. The van der Waals surface area contributed by atoms with Crippen molar-refractivity contribution in [1.82, 2.24) is 9.97 Å². The third-order valence-electron chi connectivity index (χ3n) is 3.07. The van der Waals surface area contributed by atoms with Crippen molar-refractivity contribution in [2.75, 3.05) is 13.7 Å². The van der Waals surface area contributed by atoms with E-state index in [1.807, 2.05) is 36.4 Å². The molecule has 0 radical (unpaired) electrons. The summed E-state index contributed by atoms with van der Waals surface area (Å²) in [6.45, 7) is 0.610. The van der Waals surface area contributed by atoms with Crippen molar-refractivity contribution in [2.45, 2.75) is 12.8 Å². The highest BCUT2D eigenvalue weighted by atomic mass is 16.5. The molecule has 0 aliphatic carbocycles. The van der Waals surface area contributed by atoms with Crippen LogP contribution in [0.25, 0.3) is 11.2 Å². The van der Waals surface area contributed by atoms with Crippen LogP contribution in [0.5, 0.6) is 11.5 Å². The minimum absolute atomic E-state index is 0.610. The van der Waals surface area contributed by atoms with Gasteiger partial charge in [0.05, 0.1) is 13.7 Å². The zero-order valence-corrected chi connectivity index (χ0v) is 11.8. The lowest BCUT2D eigenvalue weighted by molar-refractivity contribution is 0.305. The molecule has 0 unspecified atom stereocenters. The fourth-order valence-corrected chi connectivity index (χ4v) is 2.01. The highest BCUT2D eigenvalue weighted by Gasteiger charge is 2.05. The Morgan fingerprint density at radius 2 is 1.90 bits per heavy atom. The number of pyridine rings is 1. The van der Waals surface area contributed by atoms with Crippen molar-refractivity contribution in [3.63, 3.8) is 0 Å². The first-order chi connectivity index (χ1) is 10.3. The average molecular weight is 284 g/mol. The van der Waals surface area contributed by atoms with Crippen LogP contribution >= 0.6 is 0 Å². The summed E-state index contributed by atoms with van der Waals surface area (Å²) in [6, 6.07) is 11.2. The maximum atomic E-state index is 5.66. The minimum Gasteiger partial charge on any atom is -0.497 e. The van der Waals surface area contributed by atoms with Gasteiger partial charge in [0.1, 0.15) is 11.5 Å². The van der Waals surface area contributed by atoms with Crippen molar-refractivity contribution in [3.05, 3.63) is 48.5 Å². The molecule has 0 bridgehead atoms. The molecule has 0 N–H and O–H groups in total. The topological polar surface area (TPSA) is 57.4 Å². The Balaban J connectivity index is 1.49. The summed E-state index contributed by atoms with van der Waals surface area (Å²) in [6.07, 6.45) is 3.27. The summed E-state index contributed by atoms with van der Waals surface area (Å²) in [5.74, 6) is 2.35. The fraction of sp³-hybridized carbons (Fsp3) is 0.250. The molecule has 2 aromatic heterocycles. The Hall–Kier alpha value is -2.56. The number of aromatic nitrogens is 2. The smallest absolute Gasteiger partial charge is 0.198 e.